The largest absolute Gasteiger partial charge is 0.457 e. The highest BCUT2D eigenvalue weighted by atomic mass is 16.6. The lowest BCUT2D eigenvalue weighted by molar-refractivity contribution is -0.165. The molecule has 2 saturated heterocycles. The fourth-order valence-corrected chi connectivity index (χ4v) is 3.42. The van der Waals surface area contributed by atoms with E-state index in [2.05, 4.69) is 4.90 Å². The normalized spacial score (nSPS) is 40.3. The van der Waals surface area contributed by atoms with Crippen molar-refractivity contribution in [2.24, 2.45) is 5.92 Å². The fraction of sp³-hybridized carbons (Fsp3) is 0.647. The molecule has 3 aliphatic rings. The van der Waals surface area contributed by atoms with Crippen molar-refractivity contribution in [3.63, 3.8) is 0 Å². The molecule has 0 aromatic rings. The summed E-state index contributed by atoms with van der Waals surface area (Å²) in [6.07, 6.45) is 4.18. The van der Waals surface area contributed by atoms with Crippen LogP contribution in [0.2, 0.25) is 0 Å². The van der Waals surface area contributed by atoms with E-state index in [1.807, 2.05) is 6.08 Å². The molecule has 0 spiro atoms. The maximum Gasteiger partial charge on any atom is 0.343 e. The number of esters is 2. The smallest absolute Gasteiger partial charge is 0.343 e. The molecule has 23 heavy (non-hydrogen) atoms. The molecule has 0 aromatic carbocycles. The number of carbonyl (C=O) groups excluding carboxylic acids is 2. The number of allylic oxidation sites excluding steroid dienone is 1. The summed E-state index contributed by atoms with van der Waals surface area (Å²) < 4.78 is 11.2. The third-order valence-corrected chi connectivity index (χ3v) is 5.24. The van der Waals surface area contributed by atoms with Gasteiger partial charge in [0.2, 0.25) is 0 Å². The Balaban J connectivity index is 1.97. The van der Waals surface area contributed by atoms with Crippen LogP contribution in [0.4, 0.5) is 0 Å². The van der Waals surface area contributed by atoms with E-state index in [4.69, 9.17) is 9.47 Å². The Morgan fingerprint density at radius 3 is 2.87 bits per heavy atom. The van der Waals surface area contributed by atoms with Crippen molar-refractivity contribution in [1.29, 1.82) is 0 Å². The molecular formula is C17H23NO5. The third kappa shape index (κ3) is 2.70. The van der Waals surface area contributed by atoms with Gasteiger partial charge in [0.25, 0.3) is 0 Å². The van der Waals surface area contributed by atoms with Crippen molar-refractivity contribution in [3.05, 3.63) is 23.5 Å². The summed E-state index contributed by atoms with van der Waals surface area (Å²) in [7, 11) is 0. The highest BCUT2D eigenvalue weighted by Gasteiger charge is 2.47. The van der Waals surface area contributed by atoms with Crippen LogP contribution < -0.4 is 0 Å². The second kappa shape index (κ2) is 5.76. The summed E-state index contributed by atoms with van der Waals surface area (Å²) >= 11 is 0. The number of hydrogen-bond donors (Lipinski definition) is 1. The zero-order valence-corrected chi connectivity index (χ0v) is 13.7. The SMILES string of the molecule is CC=C1CC(C)C(C)(O)C(=O)OC2=CCN3CCC(OC1=O)C23. The van der Waals surface area contributed by atoms with E-state index in [0.29, 0.717) is 24.3 Å². The number of carbonyl (C=O) groups is 2. The first-order valence-electron chi connectivity index (χ1n) is 8.09. The van der Waals surface area contributed by atoms with Gasteiger partial charge in [-0.2, -0.15) is 0 Å². The lowest BCUT2D eigenvalue weighted by Gasteiger charge is -2.28. The second-order valence-corrected chi connectivity index (χ2v) is 6.73. The topological polar surface area (TPSA) is 76.1 Å². The maximum absolute atomic E-state index is 12.5. The van der Waals surface area contributed by atoms with Gasteiger partial charge in [0.1, 0.15) is 17.9 Å². The molecule has 0 amide bonds. The van der Waals surface area contributed by atoms with Gasteiger partial charge in [0.15, 0.2) is 5.60 Å². The number of ether oxygens (including phenoxy) is 2. The van der Waals surface area contributed by atoms with Crippen LogP contribution in [-0.4, -0.2) is 52.8 Å². The first-order chi connectivity index (χ1) is 10.8. The molecule has 2 fully saturated rings. The second-order valence-electron chi connectivity index (χ2n) is 6.73. The molecule has 3 heterocycles. The Kier molecular flexibility index (Phi) is 4.06. The molecule has 3 rings (SSSR count). The first-order valence-corrected chi connectivity index (χ1v) is 8.09. The Morgan fingerprint density at radius 1 is 1.43 bits per heavy atom. The number of nitrogens with zero attached hydrogens (tertiary/aromatic N) is 1. The van der Waals surface area contributed by atoms with Crippen LogP contribution in [0.15, 0.2) is 23.5 Å². The van der Waals surface area contributed by atoms with Crippen molar-refractivity contribution >= 4 is 11.9 Å². The minimum Gasteiger partial charge on any atom is -0.457 e. The molecule has 0 aromatic heterocycles. The molecular weight excluding hydrogens is 298 g/mol. The highest BCUT2D eigenvalue weighted by Crippen LogP contribution is 2.35. The summed E-state index contributed by atoms with van der Waals surface area (Å²) in [5.74, 6) is -1.03. The van der Waals surface area contributed by atoms with Crippen LogP contribution in [0.3, 0.4) is 0 Å². The summed E-state index contributed by atoms with van der Waals surface area (Å²) in [5, 5.41) is 10.6. The highest BCUT2D eigenvalue weighted by molar-refractivity contribution is 5.89. The van der Waals surface area contributed by atoms with Gasteiger partial charge in [-0.25, -0.2) is 9.59 Å². The molecule has 6 nitrogen and oxygen atoms in total. The molecule has 0 bridgehead atoms. The van der Waals surface area contributed by atoms with Crippen LogP contribution in [0.1, 0.15) is 33.6 Å². The molecule has 4 atom stereocenters. The van der Waals surface area contributed by atoms with E-state index in [0.717, 1.165) is 6.54 Å². The van der Waals surface area contributed by atoms with Crippen molar-refractivity contribution in [2.75, 3.05) is 13.1 Å². The van der Waals surface area contributed by atoms with E-state index in [1.54, 1.807) is 19.9 Å². The Morgan fingerprint density at radius 2 is 2.17 bits per heavy atom. The predicted molar refractivity (Wildman–Crippen MR) is 82.2 cm³/mol. The molecule has 3 aliphatic heterocycles. The van der Waals surface area contributed by atoms with E-state index in [1.165, 1.54) is 6.92 Å². The lowest BCUT2D eigenvalue weighted by atomic mass is 9.85. The van der Waals surface area contributed by atoms with Crippen LogP contribution in [0.25, 0.3) is 0 Å². The lowest BCUT2D eigenvalue weighted by Crippen LogP contribution is -2.44. The van der Waals surface area contributed by atoms with E-state index in [-0.39, 0.29) is 24.5 Å². The monoisotopic (exact) mass is 321 g/mol. The van der Waals surface area contributed by atoms with E-state index >= 15 is 0 Å². The molecule has 0 radical (unpaired) electrons. The van der Waals surface area contributed by atoms with Gasteiger partial charge >= 0.3 is 11.9 Å². The molecule has 126 valence electrons. The molecule has 1 N–H and O–H groups in total. The van der Waals surface area contributed by atoms with Gasteiger partial charge in [-0.3, -0.25) is 4.90 Å². The van der Waals surface area contributed by atoms with Gasteiger partial charge in [-0.15, -0.1) is 0 Å². The van der Waals surface area contributed by atoms with Gasteiger partial charge in [0.05, 0.1) is 0 Å². The van der Waals surface area contributed by atoms with Gasteiger partial charge < -0.3 is 14.6 Å². The van der Waals surface area contributed by atoms with Crippen molar-refractivity contribution in [1.82, 2.24) is 4.90 Å². The summed E-state index contributed by atoms with van der Waals surface area (Å²) in [4.78, 5) is 27.0. The van der Waals surface area contributed by atoms with Crippen molar-refractivity contribution in [2.45, 2.75) is 51.4 Å². The van der Waals surface area contributed by atoms with Gasteiger partial charge in [0, 0.05) is 18.7 Å². The van der Waals surface area contributed by atoms with Crippen LogP contribution in [-0.2, 0) is 19.1 Å². The van der Waals surface area contributed by atoms with E-state index in [9.17, 15) is 14.7 Å². The minimum atomic E-state index is -1.67. The van der Waals surface area contributed by atoms with Crippen LogP contribution >= 0.6 is 0 Å². The summed E-state index contributed by atoms with van der Waals surface area (Å²) in [5.41, 5.74) is -1.18. The van der Waals surface area contributed by atoms with Crippen LogP contribution in [0.5, 0.6) is 0 Å². The zero-order chi connectivity index (χ0) is 16.8. The van der Waals surface area contributed by atoms with Crippen molar-refractivity contribution < 1.29 is 24.2 Å². The quantitative estimate of drug-likeness (QED) is 0.533. The third-order valence-electron chi connectivity index (χ3n) is 5.24. The average molecular weight is 321 g/mol. The predicted octanol–water partition coefficient (Wildman–Crippen LogP) is 1.15. The summed E-state index contributed by atoms with van der Waals surface area (Å²) in [6.45, 7) is 6.38. The average Bonchev–Trinajstić information content (AvgIpc) is 3.07. The number of hydrogen-bond acceptors (Lipinski definition) is 6. The first kappa shape index (κ1) is 16.2. The fourth-order valence-electron chi connectivity index (χ4n) is 3.42. The Hall–Kier alpha value is -1.66. The number of aliphatic hydroxyl groups is 1. The minimum absolute atomic E-state index is 0.231. The molecule has 0 aliphatic carbocycles. The van der Waals surface area contributed by atoms with E-state index < -0.39 is 17.5 Å². The van der Waals surface area contributed by atoms with Crippen molar-refractivity contribution in [3.8, 4) is 0 Å². The zero-order valence-electron chi connectivity index (χ0n) is 13.7. The standard InChI is InChI=1S/C17H23NO5/c1-4-11-9-10(2)17(3,21)16(20)23-13-6-8-18-7-5-12(14(13)18)22-15(11)19/h4,6,10,12,14,21H,5,7-9H2,1-3H3. The van der Waals surface area contributed by atoms with Gasteiger partial charge in [-0.1, -0.05) is 13.0 Å². The Bertz CT molecular complexity index is 592. The molecule has 0 saturated carbocycles. The molecule has 4 unspecified atom stereocenters. The Labute approximate surface area is 135 Å². The number of rotatable bonds is 0. The molecule has 6 heteroatoms. The maximum atomic E-state index is 12.5. The van der Waals surface area contributed by atoms with Crippen LogP contribution in [0, 0.1) is 5.92 Å². The summed E-state index contributed by atoms with van der Waals surface area (Å²) in [6, 6.07) is -0.231. The van der Waals surface area contributed by atoms with Gasteiger partial charge in [-0.05, 0) is 38.7 Å².